The molecule has 1 aliphatic rings. The maximum absolute atomic E-state index is 5.79. The van der Waals surface area contributed by atoms with Crippen LogP contribution in [0.25, 0.3) is 0 Å². The summed E-state index contributed by atoms with van der Waals surface area (Å²) in [5.74, 6) is 0.959. The lowest BCUT2D eigenvalue weighted by Crippen LogP contribution is -2.36. The summed E-state index contributed by atoms with van der Waals surface area (Å²) in [6.07, 6.45) is 5.53. The maximum Gasteiger partial charge on any atom is 0.119 e. The highest BCUT2D eigenvalue weighted by molar-refractivity contribution is 9.10. The SMILES string of the molecule is CCN(CCOc1ccc(Br)cc1)C1CCCC1. The molecule has 0 bridgehead atoms. The number of hydrogen-bond acceptors (Lipinski definition) is 2. The normalized spacial score (nSPS) is 16.4. The predicted octanol–water partition coefficient (Wildman–Crippen LogP) is 4.09. The second kappa shape index (κ2) is 7.15. The first-order valence-electron chi connectivity index (χ1n) is 6.92. The summed E-state index contributed by atoms with van der Waals surface area (Å²) < 4.78 is 6.88. The lowest BCUT2D eigenvalue weighted by molar-refractivity contribution is 0.168. The molecule has 2 nitrogen and oxygen atoms in total. The van der Waals surface area contributed by atoms with Gasteiger partial charge in [-0.2, -0.15) is 0 Å². The van der Waals surface area contributed by atoms with E-state index in [1.54, 1.807) is 0 Å². The highest BCUT2D eigenvalue weighted by Gasteiger charge is 2.20. The molecule has 0 spiro atoms. The van der Waals surface area contributed by atoms with Crippen LogP contribution in [0.3, 0.4) is 0 Å². The first-order chi connectivity index (χ1) is 8.79. The first kappa shape index (κ1) is 13.9. The number of nitrogens with zero attached hydrogens (tertiary/aromatic N) is 1. The van der Waals surface area contributed by atoms with Crippen LogP contribution < -0.4 is 4.74 Å². The van der Waals surface area contributed by atoms with Gasteiger partial charge < -0.3 is 4.74 Å². The summed E-state index contributed by atoms with van der Waals surface area (Å²) in [6, 6.07) is 8.85. The third kappa shape index (κ3) is 3.99. The fourth-order valence-electron chi connectivity index (χ4n) is 2.68. The summed E-state index contributed by atoms with van der Waals surface area (Å²) in [5, 5.41) is 0. The summed E-state index contributed by atoms with van der Waals surface area (Å²) in [4.78, 5) is 2.56. The summed E-state index contributed by atoms with van der Waals surface area (Å²) in [7, 11) is 0. The molecule has 1 aromatic rings. The summed E-state index contributed by atoms with van der Waals surface area (Å²) >= 11 is 3.43. The molecule has 1 saturated carbocycles. The highest BCUT2D eigenvalue weighted by Crippen LogP contribution is 2.23. The van der Waals surface area contributed by atoms with Gasteiger partial charge in [-0.25, -0.2) is 0 Å². The van der Waals surface area contributed by atoms with Crippen molar-refractivity contribution in [3.05, 3.63) is 28.7 Å². The van der Waals surface area contributed by atoms with Gasteiger partial charge in [0.05, 0.1) is 0 Å². The van der Waals surface area contributed by atoms with Crippen LogP contribution in [0, 0.1) is 0 Å². The van der Waals surface area contributed by atoms with E-state index in [1.165, 1.54) is 25.7 Å². The van der Waals surface area contributed by atoms with Gasteiger partial charge >= 0.3 is 0 Å². The molecule has 1 aromatic carbocycles. The fraction of sp³-hybridized carbons (Fsp3) is 0.600. The minimum Gasteiger partial charge on any atom is -0.492 e. The largest absolute Gasteiger partial charge is 0.492 e. The van der Waals surface area contributed by atoms with Crippen LogP contribution in [0.5, 0.6) is 5.75 Å². The van der Waals surface area contributed by atoms with E-state index < -0.39 is 0 Å². The van der Waals surface area contributed by atoms with Gasteiger partial charge in [0, 0.05) is 17.1 Å². The van der Waals surface area contributed by atoms with E-state index in [9.17, 15) is 0 Å². The third-order valence-corrected chi connectivity index (χ3v) is 4.24. The Balaban J connectivity index is 1.74. The molecule has 1 aliphatic carbocycles. The minimum absolute atomic E-state index is 0.784. The second-order valence-corrected chi connectivity index (χ2v) is 5.78. The van der Waals surface area contributed by atoms with Crippen molar-refractivity contribution >= 4 is 15.9 Å². The standard InChI is InChI=1S/C15H22BrNO/c1-2-17(14-5-3-4-6-14)11-12-18-15-9-7-13(16)8-10-15/h7-10,14H,2-6,11-12H2,1H3. The number of rotatable bonds is 6. The Morgan fingerprint density at radius 2 is 1.89 bits per heavy atom. The lowest BCUT2D eigenvalue weighted by Gasteiger charge is -2.27. The van der Waals surface area contributed by atoms with Crippen LogP contribution in [0.1, 0.15) is 32.6 Å². The van der Waals surface area contributed by atoms with E-state index in [0.29, 0.717) is 0 Å². The van der Waals surface area contributed by atoms with Gasteiger partial charge in [0.2, 0.25) is 0 Å². The van der Waals surface area contributed by atoms with Crippen molar-refractivity contribution < 1.29 is 4.74 Å². The Morgan fingerprint density at radius 3 is 2.50 bits per heavy atom. The Kier molecular flexibility index (Phi) is 5.51. The molecule has 0 aliphatic heterocycles. The average Bonchev–Trinajstić information content (AvgIpc) is 2.91. The number of ether oxygens (including phenoxy) is 1. The van der Waals surface area contributed by atoms with E-state index in [4.69, 9.17) is 4.74 Å². The zero-order chi connectivity index (χ0) is 12.8. The maximum atomic E-state index is 5.79. The molecule has 0 amide bonds. The molecule has 0 atom stereocenters. The van der Waals surface area contributed by atoms with Crippen molar-refractivity contribution in [3.63, 3.8) is 0 Å². The van der Waals surface area contributed by atoms with E-state index in [0.717, 1.165) is 36.0 Å². The van der Waals surface area contributed by atoms with Gasteiger partial charge in [0.15, 0.2) is 0 Å². The van der Waals surface area contributed by atoms with Crippen molar-refractivity contribution in [2.75, 3.05) is 19.7 Å². The quantitative estimate of drug-likeness (QED) is 0.784. The van der Waals surface area contributed by atoms with Crippen molar-refractivity contribution in [1.29, 1.82) is 0 Å². The topological polar surface area (TPSA) is 12.5 Å². The molecule has 1 fully saturated rings. The van der Waals surface area contributed by atoms with Gasteiger partial charge in [-0.1, -0.05) is 35.7 Å². The Bertz CT molecular complexity index is 346. The molecular weight excluding hydrogens is 290 g/mol. The van der Waals surface area contributed by atoms with Crippen LogP contribution in [0.15, 0.2) is 28.7 Å². The Labute approximate surface area is 118 Å². The van der Waals surface area contributed by atoms with Gasteiger partial charge in [0.25, 0.3) is 0 Å². The third-order valence-electron chi connectivity index (χ3n) is 3.71. The van der Waals surface area contributed by atoms with E-state index in [2.05, 4.69) is 27.8 Å². The predicted molar refractivity (Wildman–Crippen MR) is 79.1 cm³/mol. The van der Waals surface area contributed by atoms with Crippen molar-refractivity contribution in [3.8, 4) is 5.75 Å². The van der Waals surface area contributed by atoms with Crippen LogP contribution in [-0.2, 0) is 0 Å². The van der Waals surface area contributed by atoms with Crippen molar-refractivity contribution in [2.24, 2.45) is 0 Å². The minimum atomic E-state index is 0.784. The van der Waals surface area contributed by atoms with E-state index in [-0.39, 0.29) is 0 Å². The lowest BCUT2D eigenvalue weighted by atomic mass is 10.2. The molecule has 0 aromatic heterocycles. The molecule has 100 valence electrons. The number of likely N-dealkylation sites (N-methyl/N-ethyl adjacent to an activating group) is 1. The van der Waals surface area contributed by atoms with Gasteiger partial charge in [-0.05, 0) is 43.7 Å². The Hall–Kier alpha value is -0.540. The number of benzene rings is 1. The van der Waals surface area contributed by atoms with Crippen LogP contribution in [0.2, 0.25) is 0 Å². The number of halogens is 1. The summed E-state index contributed by atoms with van der Waals surface area (Å²) in [5.41, 5.74) is 0. The molecule has 0 unspecified atom stereocenters. The monoisotopic (exact) mass is 311 g/mol. The molecule has 0 saturated heterocycles. The first-order valence-corrected chi connectivity index (χ1v) is 7.71. The molecule has 18 heavy (non-hydrogen) atoms. The molecule has 3 heteroatoms. The molecule has 0 heterocycles. The van der Waals surface area contributed by atoms with Crippen LogP contribution in [0.4, 0.5) is 0 Å². The molecule has 0 N–H and O–H groups in total. The molecule has 2 rings (SSSR count). The zero-order valence-electron chi connectivity index (χ0n) is 11.1. The molecule has 0 radical (unpaired) electrons. The highest BCUT2D eigenvalue weighted by atomic mass is 79.9. The van der Waals surface area contributed by atoms with Gasteiger partial charge in [-0.15, -0.1) is 0 Å². The van der Waals surface area contributed by atoms with E-state index >= 15 is 0 Å². The van der Waals surface area contributed by atoms with E-state index in [1.807, 2.05) is 24.3 Å². The summed E-state index contributed by atoms with van der Waals surface area (Å²) in [6.45, 7) is 5.20. The zero-order valence-corrected chi connectivity index (χ0v) is 12.7. The average molecular weight is 312 g/mol. The molecular formula is C15H22BrNO. The number of hydrogen-bond donors (Lipinski definition) is 0. The smallest absolute Gasteiger partial charge is 0.119 e. The van der Waals surface area contributed by atoms with Crippen molar-refractivity contribution in [1.82, 2.24) is 4.90 Å². The second-order valence-electron chi connectivity index (χ2n) is 4.87. The van der Waals surface area contributed by atoms with Gasteiger partial charge in [-0.3, -0.25) is 4.90 Å². The van der Waals surface area contributed by atoms with Crippen LogP contribution in [-0.4, -0.2) is 30.6 Å². The van der Waals surface area contributed by atoms with Crippen LogP contribution >= 0.6 is 15.9 Å². The van der Waals surface area contributed by atoms with Crippen molar-refractivity contribution in [2.45, 2.75) is 38.6 Å². The van der Waals surface area contributed by atoms with Gasteiger partial charge in [0.1, 0.15) is 12.4 Å². The Morgan fingerprint density at radius 1 is 1.22 bits per heavy atom. The fourth-order valence-corrected chi connectivity index (χ4v) is 2.94.